The number of carbonyl (C=O) groups excluding carboxylic acids is 1. The smallest absolute Gasteiger partial charge is 0.305 e. The minimum Gasteiger partial charge on any atom is -0.305 e. The Morgan fingerprint density at radius 2 is 1.97 bits per heavy atom. The second-order valence-electron chi connectivity index (χ2n) is 8.92. The van der Waals surface area contributed by atoms with E-state index in [4.69, 9.17) is 0 Å². The molecule has 1 amide bonds. The summed E-state index contributed by atoms with van der Waals surface area (Å²) >= 11 is 0. The Morgan fingerprint density at radius 3 is 2.62 bits per heavy atom. The predicted octanol–water partition coefficient (Wildman–Crippen LogP) is 5.32. The van der Waals surface area contributed by atoms with Crippen molar-refractivity contribution in [2.45, 2.75) is 24.9 Å². The number of allylic oxidation sites excluding steroid dienone is 2. The van der Waals surface area contributed by atoms with Crippen LogP contribution in [0.1, 0.15) is 24.6 Å². The Balaban J connectivity index is 1.37. The summed E-state index contributed by atoms with van der Waals surface area (Å²) in [5.41, 5.74) is 0.0211. The van der Waals surface area contributed by atoms with Crippen molar-refractivity contribution < 1.29 is 18.0 Å². The molecular formula is C26H19F3N8O2. The number of nitroso groups, excluding NO2 is 1. The number of halogens is 3. The second kappa shape index (κ2) is 10.0. The van der Waals surface area contributed by atoms with Crippen molar-refractivity contribution in [3.63, 3.8) is 0 Å². The number of alkyl halides is 3. The number of carbonyl (C=O) groups is 1. The van der Waals surface area contributed by atoms with Gasteiger partial charge in [-0.25, -0.2) is 9.67 Å². The van der Waals surface area contributed by atoms with Crippen LogP contribution in [-0.4, -0.2) is 35.9 Å². The molecule has 5 rings (SSSR count). The number of hydrogen-bond acceptors (Lipinski definition) is 8. The first kappa shape index (κ1) is 25.6. The molecule has 0 saturated carbocycles. The zero-order chi connectivity index (χ0) is 27.6. The van der Waals surface area contributed by atoms with Crippen molar-refractivity contribution in [1.82, 2.24) is 29.9 Å². The van der Waals surface area contributed by atoms with Gasteiger partial charge in [0.05, 0.1) is 5.69 Å². The molecule has 0 saturated heterocycles. The number of pyridine rings is 2. The van der Waals surface area contributed by atoms with Crippen LogP contribution < -0.4 is 5.32 Å². The summed E-state index contributed by atoms with van der Waals surface area (Å²) in [5, 5.41) is 17.2. The molecule has 0 fully saturated rings. The molecule has 0 spiro atoms. The van der Waals surface area contributed by atoms with E-state index in [-0.39, 0.29) is 23.1 Å². The number of hydrogen-bond donors (Lipinski definition) is 1. The molecular weight excluding hydrogens is 513 g/mol. The van der Waals surface area contributed by atoms with Crippen LogP contribution in [0.25, 0.3) is 17.1 Å². The van der Waals surface area contributed by atoms with E-state index in [0.717, 1.165) is 11.6 Å². The molecule has 4 heterocycles. The molecule has 0 aliphatic heterocycles. The highest BCUT2D eigenvalue weighted by Crippen LogP contribution is 2.35. The Kier molecular flexibility index (Phi) is 6.56. The zero-order valence-electron chi connectivity index (χ0n) is 20.3. The summed E-state index contributed by atoms with van der Waals surface area (Å²) in [7, 11) is 0. The molecule has 10 nitrogen and oxygen atoms in total. The van der Waals surface area contributed by atoms with Gasteiger partial charge in [0, 0.05) is 35.1 Å². The van der Waals surface area contributed by atoms with Crippen molar-refractivity contribution >= 4 is 17.5 Å². The maximum absolute atomic E-state index is 13.7. The Hall–Kier alpha value is -5.07. The van der Waals surface area contributed by atoms with Gasteiger partial charge in [-0.05, 0) is 53.6 Å². The van der Waals surface area contributed by atoms with Crippen molar-refractivity contribution in [1.29, 1.82) is 0 Å². The average molecular weight is 532 g/mol. The van der Waals surface area contributed by atoms with Crippen LogP contribution in [0.2, 0.25) is 0 Å². The summed E-state index contributed by atoms with van der Waals surface area (Å²) in [6.45, 7) is 1.92. The lowest BCUT2D eigenvalue weighted by Crippen LogP contribution is -2.25. The highest BCUT2D eigenvalue weighted by atomic mass is 19.4. The lowest BCUT2D eigenvalue weighted by molar-refractivity contribution is -0.142. The van der Waals surface area contributed by atoms with Crippen molar-refractivity contribution in [2.75, 3.05) is 5.32 Å². The fourth-order valence-corrected chi connectivity index (χ4v) is 4.11. The number of amides is 1. The largest absolute Gasteiger partial charge is 0.433 e. The molecule has 0 radical (unpaired) electrons. The van der Waals surface area contributed by atoms with E-state index in [1.54, 1.807) is 30.4 Å². The number of rotatable bonds is 6. The van der Waals surface area contributed by atoms with Gasteiger partial charge in [0.2, 0.25) is 0 Å². The van der Waals surface area contributed by atoms with E-state index in [9.17, 15) is 22.9 Å². The van der Waals surface area contributed by atoms with Gasteiger partial charge in [-0.3, -0.25) is 9.78 Å². The third-order valence-electron chi connectivity index (χ3n) is 6.14. The first-order chi connectivity index (χ1) is 18.7. The number of aromatic nitrogens is 6. The van der Waals surface area contributed by atoms with Gasteiger partial charge in [0.1, 0.15) is 0 Å². The fraction of sp³-hybridized carbons (Fsp3) is 0.154. The third kappa shape index (κ3) is 5.32. The van der Waals surface area contributed by atoms with Crippen LogP contribution in [-0.2, 0) is 16.4 Å². The quantitative estimate of drug-likeness (QED) is 0.333. The molecule has 196 valence electrons. The van der Waals surface area contributed by atoms with Gasteiger partial charge in [-0.1, -0.05) is 31.2 Å². The minimum absolute atomic E-state index is 0.0431. The maximum atomic E-state index is 13.7. The molecule has 13 heteroatoms. The van der Waals surface area contributed by atoms with Crippen molar-refractivity contribution in [3.8, 4) is 17.1 Å². The summed E-state index contributed by atoms with van der Waals surface area (Å²) in [6.07, 6.45) is 5.62. The summed E-state index contributed by atoms with van der Waals surface area (Å²) < 4.78 is 41.8. The molecule has 4 aromatic rings. The first-order valence-corrected chi connectivity index (χ1v) is 11.6. The highest BCUT2D eigenvalue weighted by molar-refractivity contribution is 6.05. The van der Waals surface area contributed by atoms with E-state index >= 15 is 0 Å². The summed E-state index contributed by atoms with van der Waals surface area (Å²) in [6, 6.07) is 9.94. The molecule has 1 unspecified atom stereocenters. The van der Waals surface area contributed by atoms with E-state index < -0.39 is 23.2 Å². The predicted molar refractivity (Wildman–Crippen MR) is 135 cm³/mol. The Morgan fingerprint density at radius 1 is 1.13 bits per heavy atom. The van der Waals surface area contributed by atoms with Gasteiger partial charge in [0.15, 0.2) is 23.1 Å². The SMILES string of the molecule is CC1(c2ccc(N=O)nc2)C=C(C(=O)Nc2ccc(-n3nc(-c4cccnc4)cc3C(F)(F)F)nn2)C=CC1. The average Bonchev–Trinajstić information content (AvgIpc) is 3.41. The van der Waals surface area contributed by atoms with Gasteiger partial charge >= 0.3 is 6.18 Å². The summed E-state index contributed by atoms with van der Waals surface area (Å²) in [5.74, 6) is -0.557. The van der Waals surface area contributed by atoms with Gasteiger partial charge in [0.25, 0.3) is 5.91 Å². The van der Waals surface area contributed by atoms with Crippen molar-refractivity contribution in [3.05, 3.63) is 101 Å². The number of nitrogens with zero attached hydrogens (tertiary/aromatic N) is 7. The fourth-order valence-electron chi connectivity index (χ4n) is 4.11. The molecule has 1 N–H and O–H groups in total. The van der Waals surface area contributed by atoms with E-state index in [1.807, 2.05) is 13.0 Å². The van der Waals surface area contributed by atoms with Crippen LogP contribution >= 0.6 is 0 Å². The monoisotopic (exact) mass is 532 g/mol. The molecule has 1 aliphatic rings. The van der Waals surface area contributed by atoms with Crippen molar-refractivity contribution in [2.24, 2.45) is 5.18 Å². The molecule has 1 aliphatic carbocycles. The second-order valence-corrected chi connectivity index (χ2v) is 8.92. The number of nitrogens with one attached hydrogen (secondary N) is 1. The highest BCUT2D eigenvalue weighted by Gasteiger charge is 2.37. The zero-order valence-corrected chi connectivity index (χ0v) is 20.3. The molecule has 0 bridgehead atoms. The molecule has 0 aromatic carbocycles. The number of anilines is 1. The third-order valence-corrected chi connectivity index (χ3v) is 6.14. The Labute approximate surface area is 219 Å². The van der Waals surface area contributed by atoms with Gasteiger partial charge in [-0.2, -0.15) is 18.3 Å². The molecule has 1 atom stereocenters. The Bertz CT molecular complexity index is 1580. The van der Waals surface area contributed by atoms with Gasteiger partial charge < -0.3 is 5.32 Å². The summed E-state index contributed by atoms with van der Waals surface area (Å²) in [4.78, 5) is 31.5. The van der Waals surface area contributed by atoms with E-state index in [2.05, 4.69) is 35.8 Å². The standard InChI is InChI=1S/C26H19F3N8O2/c1-25(18-6-7-21(36-39)31-15-18)10-2-4-16(13-25)24(38)32-22-8-9-23(34-33-22)37-20(26(27,28)29)12-19(35-37)17-5-3-11-30-14-17/h2-9,11-15H,10H2,1H3,(H,32,33,38). The van der Waals surface area contributed by atoms with E-state index in [0.29, 0.717) is 22.2 Å². The topological polar surface area (TPSA) is 128 Å². The molecule has 39 heavy (non-hydrogen) atoms. The van der Waals surface area contributed by atoms with Crippen LogP contribution in [0.5, 0.6) is 0 Å². The minimum atomic E-state index is -4.70. The first-order valence-electron chi connectivity index (χ1n) is 11.6. The van der Waals surface area contributed by atoms with E-state index in [1.165, 1.54) is 36.8 Å². The van der Waals surface area contributed by atoms with Crippen LogP contribution in [0.15, 0.2) is 90.0 Å². The normalized spacial score (nSPS) is 17.0. The lowest BCUT2D eigenvalue weighted by Gasteiger charge is -2.28. The van der Waals surface area contributed by atoms with Crippen LogP contribution in [0, 0.1) is 4.91 Å². The van der Waals surface area contributed by atoms with Crippen LogP contribution in [0.4, 0.5) is 24.8 Å². The lowest BCUT2D eigenvalue weighted by atomic mass is 9.76. The maximum Gasteiger partial charge on any atom is 0.433 e. The van der Waals surface area contributed by atoms with Gasteiger partial charge in [-0.15, -0.1) is 15.1 Å². The van der Waals surface area contributed by atoms with Crippen LogP contribution in [0.3, 0.4) is 0 Å². The molecule has 4 aromatic heterocycles.